The minimum absolute atomic E-state index is 0.0270. The Bertz CT molecular complexity index is 1080. The second-order valence-corrected chi connectivity index (χ2v) is 7.84. The van der Waals surface area contributed by atoms with Gasteiger partial charge in [-0.25, -0.2) is 0 Å². The van der Waals surface area contributed by atoms with Gasteiger partial charge in [0.25, 0.3) is 11.8 Å². The van der Waals surface area contributed by atoms with Crippen LogP contribution in [0.5, 0.6) is 0 Å². The number of benzene rings is 3. The number of amides is 3. The zero-order valence-electron chi connectivity index (χ0n) is 16.0. The van der Waals surface area contributed by atoms with Crippen LogP contribution in [0.4, 0.5) is 0 Å². The maximum Gasteiger partial charge on any atom is 0.261 e. The van der Waals surface area contributed by atoms with Gasteiger partial charge in [-0.1, -0.05) is 76.6 Å². The summed E-state index contributed by atoms with van der Waals surface area (Å²) in [4.78, 5) is 38.9. The van der Waals surface area contributed by atoms with Crippen molar-refractivity contribution in [2.75, 3.05) is 6.54 Å². The Morgan fingerprint density at radius 1 is 0.833 bits per heavy atom. The van der Waals surface area contributed by atoms with Gasteiger partial charge >= 0.3 is 0 Å². The molecule has 1 aliphatic rings. The fourth-order valence-electron chi connectivity index (χ4n) is 3.58. The van der Waals surface area contributed by atoms with Crippen LogP contribution in [-0.4, -0.2) is 29.2 Å². The maximum absolute atomic E-state index is 12.8. The van der Waals surface area contributed by atoms with E-state index in [2.05, 4.69) is 21.2 Å². The van der Waals surface area contributed by atoms with E-state index in [0.29, 0.717) is 11.1 Å². The smallest absolute Gasteiger partial charge is 0.261 e. The molecule has 0 aliphatic carbocycles. The Kier molecular flexibility index (Phi) is 5.77. The zero-order valence-corrected chi connectivity index (χ0v) is 17.6. The molecular weight excluding hydrogens is 444 g/mol. The molecule has 1 heterocycles. The fourth-order valence-corrected chi connectivity index (χ4v) is 4.10. The van der Waals surface area contributed by atoms with Gasteiger partial charge in [-0.3, -0.25) is 19.3 Å². The third-order valence-corrected chi connectivity index (χ3v) is 5.82. The predicted molar refractivity (Wildman–Crippen MR) is 117 cm³/mol. The van der Waals surface area contributed by atoms with Crippen molar-refractivity contribution in [1.29, 1.82) is 0 Å². The van der Waals surface area contributed by atoms with Crippen molar-refractivity contribution in [1.82, 2.24) is 10.2 Å². The normalized spacial score (nSPS) is 13.8. The topological polar surface area (TPSA) is 66.5 Å². The maximum atomic E-state index is 12.8. The minimum atomic E-state index is -0.353. The minimum Gasteiger partial charge on any atom is -0.345 e. The van der Waals surface area contributed by atoms with E-state index in [-0.39, 0.29) is 36.7 Å². The average molecular weight is 463 g/mol. The molecule has 3 aromatic rings. The summed E-state index contributed by atoms with van der Waals surface area (Å²) in [6.07, 6.45) is 0.0270. The third-order valence-electron chi connectivity index (χ3n) is 5.10. The summed E-state index contributed by atoms with van der Waals surface area (Å²) >= 11 is 3.56. The van der Waals surface area contributed by atoms with Gasteiger partial charge in [0.2, 0.25) is 5.91 Å². The molecule has 30 heavy (non-hydrogen) atoms. The molecule has 0 aromatic heterocycles. The first-order valence-electron chi connectivity index (χ1n) is 9.60. The third kappa shape index (κ3) is 3.91. The van der Waals surface area contributed by atoms with Crippen LogP contribution in [0.25, 0.3) is 0 Å². The van der Waals surface area contributed by atoms with Crippen molar-refractivity contribution >= 4 is 33.7 Å². The fraction of sp³-hybridized carbons (Fsp3) is 0.125. The molecular formula is C24H19BrN2O3. The van der Waals surface area contributed by atoms with Crippen LogP contribution in [0.15, 0.2) is 83.3 Å². The highest BCUT2D eigenvalue weighted by atomic mass is 79.9. The highest BCUT2D eigenvalue weighted by Crippen LogP contribution is 2.29. The first-order valence-corrected chi connectivity index (χ1v) is 10.4. The Morgan fingerprint density at radius 3 is 2.03 bits per heavy atom. The summed E-state index contributed by atoms with van der Waals surface area (Å²) in [5.74, 6) is -0.946. The van der Waals surface area contributed by atoms with E-state index in [4.69, 9.17) is 0 Å². The summed E-state index contributed by atoms with van der Waals surface area (Å²) in [6, 6.07) is 23.7. The Morgan fingerprint density at radius 2 is 1.40 bits per heavy atom. The van der Waals surface area contributed by atoms with E-state index in [9.17, 15) is 14.4 Å². The van der Waals surface area contributed by atoms with Crippen LogP contribution in [0, 0.1) is 0 Å². The van der Waals surface area contributed by atoms with E-state index in [1.165, 1.54) is 0 Å². The Hall–Kier alpha value is -3.25. The molecule has 1 N–H and O–H groups in total. The molecule has 0 unspecified atom stereocenters. The molecule has 0 spiro atoms. The number of carbonyl (C=O) groups excluding carboxylic acids is 3. The van der Waals surface area contributed by atoms with Crippen molar-refractivity contribution in [2.24, 2.45) is 0 Å². The molecule has 6 heteroatoms. The lowest BCUT2D eigenvalue weighted by atomic mass is 9.98. The molecule has 150 valence electrons. The number of fused-ring (bicyclic) bond motifs is 1. The predicted octanol–water partition coefficient (Wildman–Crippen LogP) is 4.34. The summed E-state index contributed by atoms with van der Waals surface area (Å²) < 4.78 is 0.888. The molecule has 0 saturated heterocycles. The van der Waals surface area contributed by atoms with Crippen molar-refractivity contribution in [2.45, 2.75) is 12.5 Å². The number of hydrogen-bond donors (Lipinski definition) is 1. The quantitative estimate of drug-likeness (QED) is 0.554. The Balaban J connectivity index is 1.49. The molecule has 4 rings (SSSR count). The average Bonchev–Trinajstić information content (AvgIpc) is 3.02. The van der Waals surface area contributed by atoms with Crippen LogP contribution in [0.1, 0.15) is 44.3 Å². The molecule has 0 radical (unpaired) electrons. The van der Waals surface area contributed by atoms with Crippen LogP contribution in [0.3, 0.4) is 0 Å². The number of halogens is 1. The van der Waals surface area contributed by atoms with Gasteiger partial charge in [0.15, 0.2) is 0 Å². The summed E-state index contributed by atoms with van der Waals surface area (Å²) in [6.45, 7) is 0.0374. The van der Waals surface area contributed by atoms with Crippen LogP contribution in [0.2, 0.25) is 0 Å². The van der Waals surface area contributed by atoms with Crippen molar-refractivity contribution < 1.29 is 14.4 Å². The lowest BCUT2D eigenvalue weighted by Crippen LogP contribution is -2.36. The molecule has 0 saturated carbocycles. The second-order valence-electron chi connectivity index (χ2n) is 6.99. The van der Waals surface area contributed by atoms with Crippen molar-refractivity contribution in [3.8, 4) is 0 Å². The van der Waals surface area contributed by atoms with E-state index < -0.39 is 0 Å². The van der Waals surface area contributed by atoms with Crippen LogP contribution < -0.4 is 5.32 Å². The van der Waals surface area contributed by atoms with Crippen molar-refractivity contribution in [3.63, 3.8) is 0 Å². The van der Waals surface area contributed by atoms with Crippen LogP contribution in [-0.2, 0) is 4.79 Å². The van der Waals surface area contributed by atoms with E-state index in [1.54, 1.807) is 24.3 Å². The summed E-state index contributed by atoms with van der Waals surface area (Å²) in [5, 5.41) is 3.05. The van der Waals surface area contributed by atoms with Gasteiger partial charge in [-0.15, -0.1) is 0 Å². The van der Waals surface area contributed by atoms with E-state index >= 15 is 0 Å². The highest BCUT2D eigenvalue weighted by molar-refractivity contribution is 9.10. The lowest BCUT2D eigenvalue weighted by Gasteiger charge is -2.22. The van der Waals surface area contributed by atoms with Gasteiger partial charge < -0.3 is 5.32 Å². The molecule has 3 amide bonds. The van der Waals surface area contributed by atoms with Gasteiger partial charge in [0.05, 0.1) is 17.2 Å². The molecule has 0 fully saturated rings. The zero-order chi connectivity index (χ0) is 21.1. The number of nitrogens with zero attached hydrogens (tertiary/aromatic N) is 1. The van der Waals surface area contributed by atoms with Gasteiger partial charge in [0.1, 0.15) is 0 Å². The molecule has 1 atom stereocenters. The van der Waals surface area contributed by atoms with E-state index in [0.717, 1.165) is 20.5 Å². The number of carbonyl (C=O) groups is 3. The SMILES string of the molecule is O=C(CCN1C(=O)c2ccccc2C1=O)N[C@@H](c1ccccc1)c1ccccc1Br. The highest BCUT2D eigenvalue weighted by Gasteiger charge is 2.35. The number of nitrogens with one attached hydrogen (secondary N) is 1. The lowest BCUT2D eigenvalue weighted by molar-refractivity contribution is -0.121. The van der Waals surface area contributed by atoms with Crippen LogP contribution >= 0.6 is 15.9 Å². The summed E-state index contributed by atoms with van der Waals surface area (Å²) in [7, 11) is 0. The molecule has 0 bridgehead atoms. The first kappa shape index (κ1) is 20.0. The number of rotatable bonds is 6. The summed E-state index contributed by atoms with van der Waals surface area (Å²) in [5.41, 5.74) is 2.65. The standard InChI is InChI=1S/C24H19BrN2O3/c25-20-13-7-6-12-19(20)22(16-8-2-1-3-9-16)26-21(28)14-15-27-23(29)17-10-4-5-11-18(17)24(27)30/h1-13,22H,14-15H2,(H,26,28)/t22-/m0/s1. The number of imide groups is 1. The Labute approximate surface area is 182 Å². The van der Waals surface area contributed by atoms with Gasteiger partial charge in [-0.05, 0) is 29.3 Å². The molecule has 1 aliphatic heterocycles. The second kappa shape index (κ2) is 8.63. The van der Waals surface area contributed by atoms with Gasteiger partial charge in [0, 0.05) is 17.4 Å². The number of hydrogen-bond acceptors (Lipinski definition) is 3. The van der Waals surface area contributed by atoms with E-state index in [1.807, 2.05) is 54.6 Å². The first-order chi connectivity index (χ1) is 14.6. The largest absolute Gasteiger partial charge is 0.345 e. The van der Waals surface area contributed by atoms with Gasteiger partial charge in [-0.2, -0.15) is 0 Å². The molecule has 5 nitrogen and oxygen atoms in total. The molecule has 3 aromatic carbocycles. The van der Waals surface area contributed by atoms with Crippen molar-refractivity contribution in [3.05, 3.63) is 106 Å². The monoisotopic (exact) mass is 462 g/mol.